The fourth-order valence-electron chi connectivity index (χ4n) is 4.17. The largest absolute Gasteiger partial charge is 0.493 e. The van der Waals surface area contributed by atoms with Crippen LogP contribution in [0.15, 0.2) is 48.2 Å². The quantitative estimate of drug-likeness (QED) is 0.645. The highest BCUT2D eigenvalue weighted by Gasteiger charge is 2.43. The molecule has 0 aromatic heterocycles. The van der Waals surface area contributed by atoms with E-state index in [0.717, 1.165) is 24.5 Å². The fraction of sp³-hybridized carbons (Fsp3) is 0.333. The second-order valence-electron chi connectivity index (χ2n) is 7.64. The third kappa shape index (κ3) is 3.82. The highest BCUT2D eigenvalue weighted by atomic mass is 19.1. The van der Waals surface area contributed by atoms with Gasteiger partial charge in [0.2, 0.25) is 0 Å². The van der Waals surface area contributed by atoms with E-state index in [2.05, 4.69) is 11.8 Å². The third-order valence-electron chi connectivity index (χ3n) is 5.95. The summed E-state index contributed by atoms with van der Waals surface area (Å²) in [6.45, 7) is 5.90. The Bertz CT molecular complexity index is 1060. The first kappa shape index (κ1) is 21.8. The van der Waals surface area contributed by atoms with E-state index in [1.807, 2.05) is 4.90 Å². The minimum atomic E-state index is -0.443. The van der Waals surface area contributed by atoms with Gasteiger partial charge in [0.25, 0.3) is 11.8 Å². The van der Waals surface area contributed by atoms with Crippen LogP contribution >= 0.6 is 0 Å². The van der Waals surface area contributed by atoms with Gasteiger partial charge in [-0.25, -0.2) is 9.29 Å². The van der Waals surface area contributed by atoms with Gasteiger partial charge in [0.05, 0.1) is 25.5 Å². The van der Waals surface area contributed by atoms with Crippen molar-refractivity contribution in [3.05, 3.63) is 59.5 Å². The number of piperazine rings is 1. The van der Waals surface area contributed by atoms with Crippen LogP contribution in [0.3, 0.4) is 0 Å². The molecule has 1 fully saturated rings. The van der Waals surface area contributed by atoms with Crippen LogP contribution < -0.4 is 14.4 Å². The number of methoxy groups -OCH3 is 2. The van der Waals surface area contributed by atoms with Gasteiger partial charge < -0.3 is 19.3 Å². The van der Waals surface area contributed by atoms with E-state index in [1.54, 1.807) is 18.2 Å². The predicted octanol–water partition coefficient (Wildman–Crippen LogP) is 2.76. The highest BCUT2D eigenvalue weighted by molar-refractivity contribution is 6.45. The Morgan fingerprint density at radius 3 is 2.12 bits per heavy atom. The Kier molecular flexibility index (Phi) is 6.14. The second-order valence-corrected chi connectivity index (χ2v) is 7.64. The van der Waals surface area contributed by atoms with Gasteiger partial charge in [0.15, 0.2) is 11.5 Å². The average molecular weight is 439 g/mol. The van der Waals surface area contributed by atoms with Crippen molar-refractivity contribution in [2.24, 2.45) is 0 Å². The summed E-state index contributed by atoms with van der Waals surface area (Å²) in [6.07, 6.45) is 0. The van der Waals surface area contributed by atoms with Crippen molar-refractivity contribution in [1.82, 2.24) is 9.80 Å². The summed E-state index contributed by atoms with van der Waals surface area (Å²) < 4.78 is 24.2. The molecule has 7 nitrogen and oxygen atoms in total. The number of rotatable bonds is 6. The van der Waals surface area contributed by atoms with Crippen molar-refractivity contribution < 1.29 is 23.5 Å². The summed E-state index contributed by atoms with van der Waals surface area (Å²) in [5.74, 6) is -0.328. The number of carbonyl (C=O) groups excluding carboxylic acids is 2. The lowest BCUT2D eigenvalue weighted by molar-refractivity contribution is -0.120. The first-order chi connectivity index (χ1) is 15.5. The monoisotopic (exact) mass is 439 g/mol. The molecule has 32 heavy (non-hydrogen) atoms. The molecular weight excluding hydrogens is 413 g/mol. The molecule has 0 atom stereocenters. The molecule has 8 heteroatoms. The lowest BCUT2D eigenvalue weighted by Gasteiger charge is -2.36. The molecule has 2 aliphatic rings. The van der Waals surface area contributed by atoms with Crippen LogP contribution in [0.4, 0.5) is 10.1 Å². The minimum Gasteiger partial charge on any atom is -0.493 e. The van der Waals surface area contributed by atoms with Gasteiger partial charge in [0, 0.05) is 32.2 Å². The van der Waals surface area contributed by atoms with Crippen molar-refractivity contribution in [3.8, 4) is 11.5 Å². The van der Waals surface area contributed by atoms with Gasteiger partial charge in [-0.2, -0.15) is 0 Å². The Balaban J connectivity index is 1.77. The van der Waals surface area contributed by atoms with Gasteiger partial charge in [-0.05, 0) is 36.4 Å². The topological polar surface area (TPSA) is 62.3 Å². The van der Waals surface area contributed by atoms with E-state index in [1.165, 1.54) is 38.5 Å². The van der Waals surface area contributed by atoms with E-state index >= 15 is 0 Å². The number of halogens is 1. The van der Waals surface area contributed by atoms with E-state index in [9.17, 15) is 14.0 Å². The molecular formula is C24H26FN3O4. The number of benzene rings is 2. The fourth-order valence-corrected chi connectivity index (χ4v) is 4.17. The number of anilines is 1. The molecule has 0 aliphatic carbocycles. The minimum absolute atomic E-state index is 0.287. The molecule has 2 aromatic rings. The van der Waals surface area contributed by atoms with Gasteiger partial charge in [0.1, 0.15) is 11.5 Å². The molecule has 0 radical (unpaired) electrons. The number of hydrogen-bond acceptors (Lipinski definition) is 6. The number of carbonyl (C=O) groups is 2. The Hall–Kier alpha value is -3.39. The number of likely N-dealkylation sites (N-methyl/N-ethyl adjacent to an activating group) is 1. The summed E-state index contributed by atoms with van der Waals surface area (Å²) in [6, 6.07) is 10.6. The van der Waals surface area contributed by atoms with Crippen LogP contribution in [0.25, 0.3) is 5.57 Å². The first-order valence-electron chi connectivity index (χ1n) is 10.6. The molecule has 2 heterocycles. The van der Waals surface area contributed by atoms with E-state index in [-0.39, 0.29) is 5.57 Å². The van der Waals surface area contributed by atoms with Crippen LogP contribution in [0, 0.1) is 5.82 Å². The zero-order chi connectivity index (χ0) is 22.8. The molecule has 2 amide bonds. The molecule has 168 valence electrons. The van der Waals surface area contributed by atoms with Crippen LogP contribution in [0.2, 0.25) is 0 Å². The summed E-state index contributed by atoms with van der Waals surface area (Å²) in [7, 11) is 3.02. The standard InChI is InChI=1S/C24H26FN3O4/c1-4-26-11-13-27(14-12-26)22-21(16-5-7-17(25)8-6-16)23(29)28(24(22)30)18-9-10-19(31-2)20(15-18)32-3/h5-10,15H,4,11-14H2,1-3H3. The smallest absolute Gasteiger partial charge is 0.282 e. The normalized spacial score (nSPS) is 17.4. The third-order valence-corrected chi connectivity index (χ3v) is 5.95. The maximum Gasteiger partial charge on any atom is 0.282 e. The number of amides is 2. The zero-order valence-electron chi connectivity index (χ0n) is 18.4. The summed E-state index contributed by atoms with van der Waals surface area (Å²) in [5, 5.41) is 0. The molecule has 0 N–H and O–H groups in total. The van der Waals surface area contributed by atoms with Gasteiger partial charge in [-0.1, -0.05) is 19.1 Å². The SMILES string of the molecule is CCN1CCN(C2=C(c3ccc(F)cc3)C(=O)N(c3ccc(OC)c(OC)c3)C2=O)CC1. The Labute approximate surface area is 186 Å². The number of nitrogens with zero attached hydrogens (tertiary/aromatic N) is 3. The summed E-state index contributed by atoms with van der Waals surface area (Å²) >= 11 is 0. The Morgan fingerprint density at radius 1 is 0.875 bits per heavy atom. The van der Waals surface area contributed by atoms with Crippen LogP contribution in [-0.2, 0) is 9.59 Å². The second kappa shape index (κ2) is 9.00. The van der Waals surface area contributed by atoms with Gasteiger partial charge >= 0.3 is 0 Å². The molecule has 1 saturated heterocycles. The van der Waals surface area contributed by atoms with Crippen LogP contribution in [-0.4, -0.2) is 68.6 Å². The highest BCUT2D eigenvalue weighted by Crippen LogP contribution is 2.38. The average Bonchev–Trinajstić information content (AvgIpc) is 3.09. The number of hydrogen-bond donors (Lipinski definition) is 0. The molecule has 0 spiro atoms. The first-order valence-corrected chi connectivity index (χ1v) is 10.6. The predicted molar refractivity (Wildman–Crippen MR) is 119 cm³/mol. The number of ether oxygens (including phenoxy) is 2. The molecule has 2 aromatic carbocycles. The molecule has 0 bridgehead atoms. The molecule has 0 saturated carbocycles. The lowest BCUT2D eigenvalue weighted by Crippen LogP contribution is -2.47. The van der Waals surface area contributed by atoms with Crippen molar-refractivity contribution in [1.29, 1.82) is 0 Å². The maximum atomic E-state index is 13.6. The van der Waals surface area contributed by atoms with Crippen molar-refractivity contribution in [2.45, 2.75) is 6.92 Å². The van der Waals surface area contributed by atoms with Crippen molar-refractivity contribution in [2.75, 3.05) is 51.8 Å². The molecule has 2 aliphatic heterocycles. The summed E-state index contributed by atoms with van der Waals surface area (Å²) in [5.41, 5.74) is 1.54. The zero-order valence-corrected chi connectivity index (χ0v) is 18.4. The Morgan fingerprint density at radius 2 is 1.53 bits per heavy atom. The lowest BCUT2D eigenvalue weighted by atomic mass is 10.0. The van der Waals surface area contributed by atoms with E-state index in [0.29, 0.717) is 41.5 Å². The van der Waals surface area contributed by atoms with Gasteiger partial charge in [-0.15, -0.1) is 0 Å². The molecule has 0 unspecified atom stereocenters. The van der Waals surface area contributed by atoms with Crippen molar-refractivity contribution in [3.63, 3.8) is 0 Å². The van der Waals surface area contributed by atoms with Crippen LogP contribution in [0.1, 0.15) is 12.5 Å². The van der Waals surface area contributed by atoms with E-state index < -0.39 is 17.6 Å². The van der Waals surface area contributed by atoms with Crippen LogP contribution in [0.5, 0.6) is 11.5 Å². The maximum absolute atomic E-state index is 13.6. The number of imide groups is 1. The van der Waals surface area contributed by atoms with Gasteiger partial charge in [-0.3, -0.25) is 9.59 Å². The molecule has 4 rings (SSSR count). The van der Waals surface area contributed by atoms with Crippen molar-refractivity contribution >= 4 is 23.1 Å². The van der Waals surface area contributed by atoms with E-state index in [4.69, 9.17) is 9.47 Å². The summed E-state index contributed by atoms with van der Waals surface area (Å²) in [4.78, 5) is 32.6.